The molecule has 1 heteroatoms. The zero-order chi connectivity index (χ0) is 8.74. The Bertz CT molecular complexity index is 71.9. The third-order valence-electron chi connectivity index (χ3n) is 2.29. The van der Waals surface area contributed by atoms with Gasteiger partial charge in [-0.05, 0) is 19.3 Å². The molecule has 0 fully saturated rings. The monoisotopic (exact) mass is 158 g/mol. The molecular weight excluding hydrogens is 134 g/mol. The second-order valence-corrected chi connectivity index (χ2v) is 3.79. The number of rotatable bonds is 6. The Hall–Kier alpha value is -0.0400. The molecule has 0 rings (SSSR count). The molecule has 0 aliphatic rings. The Morgan fingerprint density at radius 2 is 1.00 bits per heavy atom. The molecule has 0 aliphatic heterocycles. The van der Waals surface area contributed by atoms with Crippen LogP contribution in [0.3, 0.4) is 0 Å². The molecule has 0 aromatic heterocycles. The first-order chi connectivity index (χ1) is 5.18. The fraction of sp³-hybridized carbons (Fsp3) is 1.00. The van der Waals surface area contributed by atoms with Gasteiger partial charge in [0.25, 0.3) is 0 Å². The van der Waals surface area contributed by atoms with E-state index in [-0.39, 0.29) is 0 Å². The minimum Gasteiger partial charge on any atom is -0.326 e. The third kappa shape index (κ3) is 4.41. The van der Waals surface area contributed by atoms with Crippen LogP contribution in [0.25, 0.3) is 0 Å². The van der Waals surface area contributed by atoms with Crippen LogP contribution in [0.5, 0.6) is 0 Å². The summed E-state index contributed by atoms with van der Waals surface area (Å²) in [6.45, 7) is 10.9. The van der Waals surface area contributed by atoms with Crippen molar-refractivity contribution < 1.29 is 4.48 Å². The average Bonchev–Trinajstić information content (AvgIpc) is 1.88. The van der Waals surface area contributed by atoms with Crippen LogP contribution >= 0.6 is 0 Å². The number of hydrogen-bond donors (Lipinski definition) is 0. The Labute approximate surface area is 72.0 Å². The van der Waals surface area contributed by atoms with Crippen LogP contribution in [0.15, 0.2) is 0 Å². The topological polar surface area (TPSA) is 0 Å². The first-order valence-electron chi connectivity index (χ1n) is 5.02. The number of nitrogens with zero attached hydrogens (tertiary/aromatic N) is 1. The molecule has 1 nitrogen and oxygen atoms in total. The van der Waals surface area contributed by atoms with Crippen molar-refractivity contribution in [2.75, 3.05) is 26.7 Å². The van der Waals surface area contributed by atoms with Crippen LogP contribution in [-0.4, -0.2) is 31.2 Å². The van der Waals surface area contributed by atoms with Crippen molar-refractivity contribution in [1.29, 1.82) is 0 Å². The molecule has 0 saturated carbocycles. The molecule has 0 bridgehead atoms. The second kappa shape index (κ2) is 5.59. The molecule has 0 atom stereocenters. The lowest BCUT2D eigenvalue weighted by atomic mass is 10.2. The van der Waals surface area contributed by atoms with Gasteiger partial charge in [0.1, 0.15) is 0 Å². The smallest absolute Gasteiger partial charge is 0.0781 e. The van der Waals surface area contributed by atoms with Crippen LogP contribution in [0.2, 0.25) is 0 Å². The highest BCUT2D eigenvalue weighted by Crippen LogP contribution is 2.06. The number of quaternary nitrogens is 1. The van der Waals surface area contributed by atoms with Gasteiger partial charge in [0.15, 0.2) is 0 Å². The molecule has 0 aliphatic carbocycles. The molecule has 0 heterocycles. The lowest BCUT2D eigenvalue weighted by molar-refractivity contribution is -0.909. The van der Waals surface area contributed by atoms with Crippen LogP contribution in [0.4, 0.5) is 0 Å². The lowest BCUT2D eigenvalue weighted by Crippen LogP contribution is -2.45. The van der Waals surface area contributed by atoms with Crippen molar-refractivity contribution in [2.45, 2.75) is 40.0 Å². The van der Waals surface area contributed by atoms with Gasteiger partial charge in [0.2, 0.25) is 0 Å². The summed E-state index contributed by atoms with van der Waals surface area (Å²) in [7, 11) is 2.39. The summed E-state index contributed by atoms with van der Waals surface area (Å²) in [4.78, 5) is 0. The van der Waals surface area contributed by atoms with Gasteiger partial charge in [-0.2, -0.15) is 0 Å². The Morgan fingerprint density at radius 1 is 0.727 bits per heavy atom. The maximum atomic E-state index is 2.39. The first kappa shape index (κ1) is 11.0. The van der Waals surface area contributed by atoms with E-state index in [0.29, 0.717) is 0 Å². The van der Waals surface area contributed by atoms with Crippen LogP contribution in [-0.2, 0) is 0 Å². The van der Waals surface area contributed by atoms with Crippen molar-refractivity contribution in [3.05, 3.63) is 0 Å². The van der Waals surface area contributed by atoms with Crippen molar-refractivity contribution in [1.82, 2.24) is 0 Å². The van der Waals surface area contributed by atoms with Crippen LogP contribution in [0.1, 0.15) is 40.0 Å². The average molecular weight is 158 g/mol. The second-order valence-electron chi connectivity index (χ2n) is 3.79. The quantitative estimate of drug-likeness (QED) is 0.521. The standard InChI is InChI=1S/C10H24N/c1-5-8-11(4,9-6-2)10-7-3/h5-10H2,1-4H3/q+1. The Morgan fingerprint density at radius 3 is 1.18 bits per heavy atom. The Balaban J connectivity index is 3.79. The number of hydrogen-bond acceptors (Lipinski definition) is 0. The van der Waals surface area contributed by atoms with E-state index in [1.165, 1.54) is 43.4 Å². The van der Waals surface area contributed by atoms with Gasteiger partial charge in [-0.3, -0.25) is 0 Å². The van der Waals surface area contributed by atoms with Gasteiger partial charge < -0.3 is 4.48 Å². The van der Waals surface area contributed by atoms with Gasteiger partial charge in [0.05, 0.1) is 26.7 Å². The summed E-state index contributed by atoms with van der Waals surface area (Å²) in [6, 6.07) is 0. The first-order valence-corrected chi connectivity index (χ1v) is 5.02. The summed E-state index contributed by atoms with van der Waals surface area (Å²) in [5.74, 6) is 0. The highest BCUT2D eigenvalue weighted by Gasteiger charge is 2.16. The summed E-state index contributed by atoms with van der Waals surface area (Å²) in [5.41, 5.74) is 0. The highest BCUT2D eigenvalue weighted by atomic mass is 15.3. The van der Waals surface area contributed by atoms with Crippen molar-refractivity contribution in [2.24, 2.45) is 0 Å². The van der Waals surface area contributed by atoms with Gasteiger partial charge in [-0.25, -0.2) is 0 Å². The normalized spacial score (nSPS) is 12.0. The maximum Gasteiger partial charge on any atom is 0.0781 e. The van der Waals surface area contributed by atoms with Crippen LogP contribution in [0, 0.1) is 0 Å². The van der Waals surface area contributed by atoms with E-state index in [1.54, 1.807) is 0 Å². The molecule has 0 spiro atoms. The Kier molecular flexibility index (Phi) is 5.57. The van der Waals surface area contributed by atoms with Gasteiger partial charge >= 0.3 is 0 Å². The largest absolute Gasteiger partial charge is 0.326 e. The van der Waals surface area contributed by atoms with Crippen molar-refractivity contribution in [3.8, 4) is 0 Å². The molecule has 0 aromatic carbocycles. The molecule has 0 unspecified atom stereocenters. The van der Waals surface area contributed by atoms with Crippen LogP contribution < -0.4 is 0 Å². The van der Waals surface area contributed by atoms with E-state index in [2.05, 4.69) is 27.8 Å². The summed E-state index contributed by atoms with van der Waals surface area (Å²) >= 11 is 0. The molecule has 0 amide bonds. The van der Waals surface area contributed by atoms with Gasteiger partial charge in [-0.15, -0.1) is 0 Å². The lowest BCUT2D eigenvalue weighted by Gasteiger charge is -2.33. The molecule has 0 N–H and O–H groups in total. The molecule has 68 valence electrons. The molecular formula is C10H24N+. The van der Waals surface area contributed by atoms with E-state index >= 15 is 0 Å². The summed E-state index contributed by atoms with van der Waals surface area (Å²) in [5, 5.41) is 0. The fourth-order valence-electron chi connectivity index (χ4n) is 1.95. The van der Waals surface area contributed by atoms with Gasteiger partial charge in [0, 0.05) is 0 Å². The molecule has 0 saturated heterocycles. The summed E-state index contributed by atoms with van der Waals surface area (Å²) < 4.78 is 1.28. The van der Waals surface area contributed by atoms with E-state index in [9.17, 15) is 0 Å². The molecule has 0 aromatic rings. The summed E-state index contributed by atoms with van der Waals surface area (Å²) in [6.07, 6.45) is 3.95. The van der Waals surface area contributed by atoms with E-state index in [0.717, 1.165) is 0 Å². The minimum atomic E-state index is 1.28. The molecule has 11 heavy (non-hydrogen) atoms. The maximum absolute atomic E-state index is 2.39. The predicted molar refractivity (Wildman–Crippen MR) is 51.7 cm³/mol. The highest BCUT2D eigenvalue weighted by molar-refractivity contribution is 4.37. The van der Waals surface area contributed by atoms with Crippen molar-refractivity contribution in [3.63, 3.8) is 0 Å². The van der Waals surface area contributed by atoms with Crippen molar-refractivity contribution >= 4 is 0 Å². The predicted octanol–water partition coefficient (Wildman–Crippen LogP) is 2.66. The van der Waals surface area contributed by atoms with E-state index in [4.69, 9.17) is 0 Å². The van der Waals surface area contributed by atoms with Gasteiger partial charge in [-0.1, -0.05) is 20.8 Å². The van der Waals surface area contributed by atoms with E-state index < -0.39 is 0 Å². The minimum absolute atomic E-state index is 1.28. The van der Waals surface area contributed by atoms with E-state index in [1.807, 2.05) is 0 Å². The zero-order valence-electron chi connectivity index (χ0n) is 8.69. The fourth-order valence-corrected chi connectivity index (χ4v) is 1.95. The zero-order valence-corrected chi connectivity index (χ0v) is 8.69. The molecule has 0 radical (unpaired) electrons. The third-order valence-corrected chi connectivity index (χ3v) is 2.29. The SMILES string of the molecule is CCC[N+](C)(CCC)CCC.